The molecule has 0 unspecified atom stereocenters. The van der Waals surface area contributed by atoms with Gasteiger partial charge < -0.3 is 19.4 Å². The van der Waals surface area contributed by atoms with E-state index in [1.807, 2.05) is 48.5 Å². The SMILES string of the molecule is COc1ccccc1CN(C(=O)Cn1nnc2ccccc21)[C@@H](C(=O)NCCC(C)C)c1ccco1. The molecule has 0 radical (unpaired) electrons. The molecule has 0 saturated heterocycles. The summed E-state index contributed by atoms with van der Waals surface area (Å²) in [5, 5.41) is 11.3. The second kappa shape index (κ2) is 11.5. The second-order valence-electron chi connectivity index (χ2n) is 8.96. The zero-order chi connectivity index (χ0) is 25.5. The van der Waals surface area contributed by atoms with Crippen molar-refractivity contribution in [3.05, 3.63) is 78.3 Å². The van der Waals surface area contributed by atoms with Gasteiger partial charge in [-0.15, -0.1) is 5.10 Å². The Morgan fingerprint density at radius 1 is 1.08 bits per heavy atom. The number of methoxy groups -OCH3 is 1. The maximum Gasteiger partial charge on any atom is 0.250 e. The van der Waals surface area contributed by atoms with Gasteiger partial charge in [-0.25, -0.2) is 4.68 Å². The Balaban J connectivity index is 1.70. The minimum Gasteiger partial charge on any atom is -0.496 e. The zero-order valence-corrected chi connectivity index (χ0v) is 20.8. The highest BCUT2D eigenvalue weighted by atomic mass is 16.5. The predicted molar refractivity (Wildman–Crippen MR) is 135 cm³/mol. The van der Waals surface area contributed by atoms with Gasteiger partial charge in [0.05, 0.1) is 25.4 Å². The number of benzene rings is 2. The summed E-state index contributed by atoms with van der Waals surface area (Å²) in [6, 6.07) is 17.3. The van der Waals surface area contributed by atoms with Crippen molar-refractivity contribution < 1.29 is 18.7 Å². The number of para-hydroxylation sites is 2. The third kappa shape index (κ3) is 5.73. The Bertz CT molecular complexity index is 1300. The first kappa shape index (κ1) is 25.0. The van der Waals surface area contributed by atoms with E-state index in [4.69, 9.17) is 9.15 Å². The molecule has 2 heterocycles. The van der Waals surface area contributed by atoms with Crippen LogP contribution in [0.5, 0.6) is 5.75 Å². The van der Waals surface area contributed by atoms with E-state index in [9.17, 15) is 9.59 Å². The molecule has 188 valence electrons. The Morgan fingerprint density at radius 2 is 1.86 bits per heavy atom. The van der Waals surface area contributed by atoms with E-state index in [0.717, 1.165) is 17.5 Å². The van der Waals surface area contributed by atoms with Crippen LogP contribution in [-0.4, -0.2) is 45.4 Å². The quantitative estimate of drug-likeness (QED) is 0.342. The van der Waals surface area contributed by atoms with Crippen LogP contribution in [0.2, 0.25) is 0 Å². The lowest BCUT2D eigenvalue weighted by Gasteiger charge is -2.30. The summed E-state index contributed by atoms with van der Waals surface area (Å²) in [6.45, 7) is 4.73. The molecule has 0 saturated carbocycles. The third-order valence-electron chi connectivity index (χ3n) is 5.95. The third-order valence-corrected chi connectivity index (χ3v) is 5.95. The number of carbonyl (C=O) groups excluding carboxylic acids is 2. The molecule has 0 fully saturated rings. The fourth-order valence-corrected chi connectivity index (χ4v) is 4.05. The van der Waals surface area contributed by atoms with Crippen LogP contribution < -0.4 is 10.1 Å². The van der Waals surface area contributed by atoms with Crippen molar-refractivity contribution in [3.8, 4) is 5.75 Å². The number of nitrogens with zero attached hydrogens (tertiary/aromatic N) is 4. The second-order valence-corrected chi connectivity index (χ2v) is 8.96. The molecule has 0 spiro atoms. The highest BCUT2D eigenvalue weighted by Gasteiger charge is 2.34. The van der Waals surface area contributed by atoms with Gasteiger partial charge in [0.25, 0.3) is 5.91 Å². The zero-order valence-electron chi connectivity index (χ0n) is 20.8. The number of carbonyl (C=O) groups is 2. The fourth-order valence-electron chi connectivity index (χ4n) is 4.05. The molecule has 1 atom stereocenters. The molecule has 0 aliphatic carbocycles. The highest BCUT2D eigenvalue weighted by Crippen LogP contribution is 2.28. The summed E-state index contributed by atoms with van der Waals surface area (Å²) in [4.78, 5) is 28.9. The summed E-state index contributed by atoms with van der Waals surface area (Å²) < 4.78 is 12.7. The van der Waals surface area contributed by atoms with E-state index in [-0.39, 0.29) is 24.9 Å². The van der Waals surface area contributed by atoms with Crippen LogP contribution in [0.15, 0.2) is 71.3 Å². The Morgan fingerprint density at radius 3 is 2.61 bits per heavy atom. The van der Waals surface area contributed by atoms with Crippen molar-refractivity contribution >= 4 is 22.8 Å². The molecular formula is C27H31N5O4. The number of rotatable bonds is 11. The Kier molecular flexibility index (Phi) is 7.99. The minimum atomic E-state index is -0.973. The number of furan rings is 1. The predicted octanol–water partition coefficient (Wildman–Crippen LogP) is 3.97. The molecule has 36 heavy (non-hydrogen) atoms. The molecule has 0 bridgehead atoms. The molecule has 1 N–H and O–H groups in total. The number of hydrogen-bond acceptors (Lipinski definition) is 6. The highest BCUT2D eigenvalue weighted by molar-refractivity contribution is 5.88. The number of fused-ring (bicyclic) bond motifs is 1. The van der Waals surface area contributed by atoms with Crippen LogP contribution in [0.4, 0.5) is 0 Å². The van der Waals surface area contributed by atoms with Crippen molar-refractivity contribution in [1.29, 1.82) is 0 Å². The lowest BCUT2D eigenvalue weighted by Crippen LogP contribution is -2.45. The Labute approximate surface area is 210 Å². The van der Waals surface area contributed by atoms with Gasteiger partial charge in [0.1, 0.15) is 23.6 Å². The van der Waals surface area contributed by atoms with Crippen molar-refractivity contribution in [1.82, 2.24) is 25.2 Å². The lowest BCUT2D eigenvalue weighted by molar-refractivity contribution is -0.143. The van der Waals surface area contributed by atoms with Crippen molar-refractivity contribution in [2.75, 3.05) is 13.7 Å². The van der Waals surface area contributed by atoms with Gasteiger partial charge in [-0.1, -0.05) is 49.4 Å². The molecule has 4 rings (SSSR count). The topological polar surface area (TPSA) is 102 Å². The van der Waals surface area contributed by atoms with Crippen molar-refractivity contribution in [2.24, 2.45) is 5.92 Å². The fraction of sp³-hybridized carbons (Fsp3) is 0.333. The summed E-state index contributed by atoms with van der Waals surface area (Å²) in [7, 11) is 1.58. The van der Waals surface area contributed by atoms with Gasteiger partial charge in [-0.3, -0.25) is 9.59 Å². The maximum absolute atomic E-state index is 13.9. The molecule has 2 amide bonds. The smallest absolute Gasteiger partial charge is 0.250 e. The number of aromatic nitrogens is 3. The van der Waals surface area contributed by atoms with Gasteiger partial charge in [-0.05, 0) is 42.7 Å². The summed E-state index contributed by atoms with van der Waals surface area (Å²) >= 11 is 0. The van der Waals surface area contributed by atoms with Gasteiger partial charge in [0, 0.05) is 12.1 Å². The number of hydrogen-bond donors (Lipinski definition) is 1. The molecule has 9 heteroatoms. The average molecular weight is 490 g/mol. The van der Waals surface area contributed by atoms with Gasteiger partial charge in [-0.2, -0.15) is 0 Å². The summed E-state index contributed by atoms with van der Waals surface area (Å²) in [5.74, 6) is 0.817. The van der Waals surface area contributed by atoms with Crippen LogP contribution >= 0.6 is 0 Å². The first-order valence-corrected chi connectivity index (χ1v) is 12.0. The standard InChI is InChI=1S/C27H31N5O4/c1-19(2)14-15-28-27(34)26(24-13-8-16-36-24)31(17-20-9-4-7-12-23(20)35-3)25(33)18-32-22-11-6-5-10-21(22)29-30-32/h4-13,16,19,26H,14-15,17-18H2,1-3H3,(H,28,34)/t26-/m1/s1. The Hall–Kier alpha value is -4.14. The lowest BCUT2D eigenvalue weighted by atomic mass is 10.1. The van der Waals surface area contributed by atoms with Gasteiger partial charge >= 0.3 is 0 Å². The molecule has 0 aliphatic rings. The number of ether oxygens (including phenoxy) is 1. The summed E-state index contributed by atoms with van der Waals surface area (Å²) in [5.41, 5.74) is 2.19. The molecule has 4 aromatic rings. The van der Waals surface area contributed by atoms with Crippen molar-refractivity contribution in [3.63, 3.8) is 0 Å². The van der Waals surface area contributed by atoms with E-state index in [1.165, 1.54) is 11.2 Å². The van der Waals surface area contributed by atoms with Crippen LogP contribution in [0.1, 0.15) is 37.6 Å². The molecule has 2 aromatic heterocycles. The van der Waals surface area contributed by atoms with Crippen LogP contribution in [0.25, 0.3) is 11.0 Å². The number of nitrogens with one attached hydrogen (secondary N) is 1. The van der Waals surface area contributed by atoms with Gasteiger partial charge in [0.2, 0.25) is 5.91 Å². The van der Waals surface area contributed by atoms with Crippen LogP contribution in [0.3, 0.4) is 0 Å². The van der Waals surface area contributed by atoms with Crippen LogP contribution in [0, 0.1) is 5.92 Å². The number of amides is 2. The van der Waals surface area contributed by atoms with E-state index in [1.54, 1.807) is 23.9 Å². The van der Waals surface area contributed by atoms with Gasteiger partial charge in [0.15, 0.2) is 6.04 Å². The first-order valence-electron chi connectivity index (χ1n) is 12.0. The monoisotopic (exact) mass is 489 g/mol. The van der Waals surface area contributed by atoms with E-state index < -0.39 is 6.04 Å². The van der Waals surface area contributed by atoms with Crippen LogP contribution in [-0.2, 0) is 22.7 Å². The summed E-state index contributed by atoms with van der Waals surface area (Å²) in [6.07, 6.45) is 2.32. The largest absolute Gasteiger partial charge is 0.496 e. The minimum absolute atomic E-state index is 0.0911. The molecular weight excluding hydrogens is 458 g/mol. The molecule has 2 aromatic carbocycles. The molecule has 0 aliphatic heterocycles. The van der Waals surface area contributed by atoms with E-state index in [0.29, 0.717) is 29.5 Å². The average Bonchev–Trinajstić information content (AvgIpc) is 3.54. The normalized spacial score (nSPS) is 12.0. The maximum atomic E-state index is 13.9. The van der Waals surface area contributed by atoms with Crippen molar-refractivity contribution in [2.45, 2.75) is 39.4 Å². The van der Waals surface area contributed by atoms with E-state index >= 15 is 0 Å². The van der Waals surface area contributed by atoms with E-state index in [2.05, 4.69) is 29.5 Å². The first-order chi connectivity index (χ1) is 17.5. The molecule has 9 nitrogen and oxygen atoms in total.